The van der Waals surface area contributed by atoms with Crippen LogP contribution in [0.1, 0.15) is 22.8 Å². The Labute approximate surface area is 168 Å². The van der Waals surface area contributed by atoms with Gasteiger partial charge in [0.1, 0.15) is 16.8 Å². The third-order valence-electron chi connectivity index (χ3n) is 3.75. The van der Waals surface area contributed by atoms with Gasteiger partial charge < -0.3 is 9.47 Å². The van der Waals surface area contributed by atoms with Gasteiger partial charge >= 0.3 is 18.5 Å². The maximum absolute atomic E-state index is 13.1. The predicted octanol–water partition coefficient (Wildman–Crippen LogP) is 4.58. The Bertz CT molecular complexity index is 862. The molecule has 0 aliphatic heterocycles. The summed E-state index contributed by atoms with van der Waals surface area (Å²) in [6, 6.07) is 7.58. The van der Waals surface area contributed by atoms with Crippen molar-refractivity contribution >= 4 is 23.4 Å². The summed E-state index contributed by atoms with van der Waals surface area (Å²) in [5.41, 5.74) is 0.338. The average molecular weight is 434 g/mol. The van der Waals surface area contributed by atoms with Crippen LogP contribution in [0.3, 0.4) is 0 Å². The number of halogens is 5. The number of rotatable bonds is 9. The lowest BCUT2D eigenvalue weighted by Crippen LogP contribution is -2.33. The molecule has 5 nitrogen and oxygen atoms in total. The molecule has 1 heterocycles. The van der Waals surface area contributed by atoms with Crippen molar-refractivity contribution in [1.82, 2.24) is 4.98 Å². The number of carbonyl (C=O) groups is 2. The molecule has 29 heavy (non-hydrogen) atoms. The Hall–Kier alpha value is -2.68. The standard InChI is InChI=1S/C19H16ClF4NO4/c1-2-28-17(27)14(16(26)12-6-7-15(20)25-10-12)9-11-4-3-5-13(8-11)29-19(23,24)18(21)22/h3-8,10,14,18H,2,9H2,1H3. The fourth-order valence-corrected chi connectivity index (χ4v) is 2.53. The lowest BCUT2D eigenvalue weighted by atomic mass is 9.92. The van der Waals surface area contributed by atoms with Crippen LogP contribution in [0.4, 0.5) is 17.6 Å². The first-order valence-corrected chi connectivity index (χ1v) is 8.78. The minimum absolute atomic E-state index is 0.0191. The van der Waals surface area contributed by atoms with Crippen LogP contribution in [0.15, 0.2) is 42.6 Å². The Balaban J connectivity index is 2.27. The molecule has 1 aromatic carbocycles. The molecule has 1 atom stereocenters. The van der Waals surface area contributed by atoms with Gasteiger partial charge in [0.25, 0.3) is 0 Å². The van der Waals surface area contributed by atoms with Crippen molar-refractivity contribution in [1.29, 1.82) is 0 Å². The highest BCUT2D eigenvalue weighted by Crippen LogP contribution is 2.28. The third kappa shape index (κ3) is 6.15. The van der Waals surface area contributed by atoms with E-state index in [1.165, 1.54) is 30.5 Å². The van der Waals surface area contributed by atoms with Crippen LogP contribution >= 0.6 is 11.6 Å². The number of hydrogen-bond acceptors (Lipinski definition) is 5. The highest BCUT2D eigenvalue weighted by atomic mass is 35.5. The van der Waals surface area contributed by atoms with Crippen LogP contribution in [0.25, 0.3) is 0 Å². The first-order valence-electron chi connectivity index (χ1n) is 8.40. The number of hydrogen-bond donors (Lipinski definition) is 0. The van der Waals surface area contributed by atoms with E-state index in [0.717, 1.165) is 12.1 Å². The molecular weight excluding hydrogens is 418 g/mol. The zero-order chi connectivity index (χ0) is 21.6. The lowest BCUT2D eigenvalue weighted by molar-refractivity contribution is -0.253. The van der Waals surface area contributed by atoms with E-state index in [2.05, 4.69) is 9.72 Å². The number of aromatic nitrogens is 1. The van der Waals surface area contributed by atoms with Gasteiger partial charge in [0, 0.05) is 11.8 Å². The molecule has 1 unspecified atom stereocenters. The van der Waals surface area contributed by atoms with E-state index < -0.39 is 36.0 Å². The van der Waals surface area contributed by atoms with E-state index in [1.807, 2.05) is 0 Å². The summed E-state index contributed by atoms with van der Waals surface area (Å²) in [5.74, 6) is -3.27. The number of ether oxygens (including phenoxy) is 2. The summed E-state index contributed by atoms with van der Waals surface area (Å²) in [6.07, 6.45) is -7.72. The van der Waals surface area contributed by atoms with Crippen molar-refractivity contribution < 1.29 is 36.6 Å². The summed E-state index contributed by atoms with van der Waals surface area (Å²) in [6.45, 7) is 1.58. The van der Waals surface area contributed by atoms with Crippen LogP contribution in [0.5, 0.6) is 5.75 Å². The Morgan fingerprint density at radius 2 is 1.93 bits per heavy atom. The normalized spacial score (nSPS) is 12.5. The number of ketones is 1. The highest BCUT2D eigenvalue weighted by Gasteiger charge is 2.44. The number of Topliss-reactive ketones (excluding diaryl/α,β-unsaturated/α-hetero) is 1. The molecule has 0 aliphatic rings. The number of alkyl halides is 4. The fraction of sp³-hybridized carbons (Fsp3) is 0.316. The van der Waals surface area contributed by atoms with E-state index in [0.29, 0.717) is 0 Å². The van der Waals surface area contributed by atoms with Crippen LogP contribution in [0, 0.1) is 5.92 Å². The van der Waals surface area contributed by atoms with Gasteiger partial charge in [-0.3, -0.25) is 9.59 Å². The average Bonchev–Trinajstić information content (AvgIpc) is 2.66. The van der Waals surface area contributed by atoms with E-state index in [9.17, 15) is 27.2 Å². The summed E-state index contributed by atoms with van der Waals surface area (Å²) >= 11 is 5.69. The second-order valence-corrected chi connectivity index (χ2v) is 6.24. The predicted molar refractivity (Wildman–Crippen MR) is 95.4 cm³/mol. The van der Waals surface area contributed by atoms with E-state index in [-0.39, 0.29) is 29.3 Å². The molecule has 2 rings (SSSR count). The van der Waals surface area contributed by atoms with Crippen molar-refractivity contribution in [3.8, 4) is 5.75 Å². The molecule has 0 amide bonds. The number of benzene rings is 1. The summed E-state index contributed by atoms with van der Waals surface area (Å²) in [4.78, 5) is 28.8. The minimum atomic E-state index is -4.68. The van der Waals surface area contributed by atoms with E-state index >= 15 is 0 Å². The van der Waals surface area contributed by atoms with Crippen LogP contribution in [-0.4, -0.2) is 35.9 Å². The maximum atomic E-state index is 13.1. The molecule has 1 aromatic heterocycles. The molecule has 0 saturated carbocycles. The van der Waals surface area contributed by atoms with Crippen LogP contribution in [-0.2, 0) is 16.0 Å². The topological polar surface area (TPSA) is 65.5 Å². The van der Waals surface area contributed by atoms with Gasteiger partial charge in [-0.25, -0.2) is 4.98 Å². The molecule has 10 heteroatoms. The van der Waals surface area contributed by atoms with Gasteiger partial charge in [-0.2, -0.15) is 17.6 Å². The molecule has 0 N–H and O–H groups in total. The Kier molecular flexibility index (Phi) is 7.55. The quantitative estimate of drug-likeness (QED) is 0.190. The monoisotopic (exact) mass is 433 g/mol. The largest absolute Gasteiger partial charge is 0.465 e. The second-order valence-electron chi connectivity index (χ2n) is 5.85. The number of pyridine rings is 1. The minimum Gasteiger partial charge on any atom is -0.465 e. The molecule has 0 spiro atoms. The molecule has 0 bridgehead atoms. The molecule has 0 radical (unpaired) electrons. The SMILES string of the molecule is CCOC(=O)C(Cc1cccc(OC(F)(F)C(F)F)c1)C(=O)c1ccc(Cl)nc1. The number of nitrogens with zero attached hydrogens (tertiary/aromatic N) is 1. The molecule has 0 saturated heterocycles. The number of esters is 1. The van der Waals surface area contributed by atoms with Crippen molar-refractivity contribution in [3.05, 3.63) is 58.9 Å². The zero-order valence-corrected chi connectivity index (χ0v) is 15.8. The summed E-state index contributed by atoms with van der Waals surface area (Å²) < 4.78 is 59.9. The molecule has 2 aromatic rings. The van der Waals surface area contributed by atoms with Gasteiger partial charge in [-0.05, 0) is 43.2 Å². The van der Waals surface area contributed by atoms with Gasteiger partial charge in [0.05, 0.1) is 6.61 Å². The smallest absolute Gasteiger partial charge is 0.461 e. The van der Waals surface area contributed by atoms with Crippen molar-refractivity contribution in [3.63, 3.8) is 0 Å². The molecular formula is C19H16ClF4NO4. The van der Waals surface area contributed by atoms with E-state index in [1.54, 1.807) is 6.92 Å². The van der Waals surface area contributed by atoms with Crippen LogP contribution in [0.2, 0.25) is 5.15 Å². The van der Waals surface area contributed by atoms with E-state index in [4.69, 9.17) is 16.3 Å². The van der Waals surface area contributed by atoms with Crippen molar-refractivity contribution in [2.24, 2.45) is 5.92 Å². The number of carbonyl (C=O) groups excluding carboxylic acids is 2. The van der Waals surface area contributed by atoms with Gasteiger partial charge in [0.2, 0.25) is 0 Å². The zero-order valence-electron chi connectivity index (χ0n) is 15.1. The Morgan fingerprint density at radius 1 is 1.21 bits per heavy atom. The van der Waals surface area contributed by atoms with Crippen molar-refractivity contribution in [2.75, 3.05) is 6.61 Å². The molecule has 156 valence electrons. The van der Waals surface area contributed by atoms with Gasteiger partial charge in [-0.1, -0.05) is 23.7 Å². The fourth-order valence-electron chi connectivity index (χ4n) is 2.42. The summed E-state index contributed by atoms with van der Waals surface area (Å²) in [5, 5.41) is 0.152. The van der Waals surface area contributed by atoms with Gasteiger partial charge in [-0.15, -0.1) is 0 Å². The maximum Gasteiger partial charge on any atom is 0.461 e. The summed E-state index contributed by atoms with van der Waals surface area (Å²) in [7, 11) is 0. The first kappa shape index (κ1) is 22.6. The highest BCUT2D eigenvalue weighted by molar-refractivity contribution is 6.29. The molecule has 0 aliphatic carbocycles. The first-order chi connectivity index (χ1) is 13.6. The second kappa shape index (κ2) is 9.69. The van der Waals surface area contributed by atoms with Gasteiger partial charge in [0.15, 0.2) is 5.78 Å². The Morgan fingerprint density at radius 3 is 2.52 bits per heavy atom. The van der Waals surface area contributed by atoms with Crippen molar-refractivity contribution in [2.45, 2.75) is 25.9 Å². The molecule has 0 fully saturated rings. The lowest BCUT2D eigenvalue weighted by Gasteiger charge is -2.18. The van der Waals surface area contributed by atoms with Crippen LogP contribution < -0.4 is 4.74 Å². The third-order valence-corrected chi connectivity index (χ3v) is 3.97.